The first kappa shape index (κ1) is 23.2. The van der Waals surface area contributed by atoms with Crippen LogP contribution in [0.5, 0.6) is 0 Å². The zero-order chi connectivity index (χ0) is 28.1. The molecular formula is C40H23NOS. The molecule has 0 amide bonds. The van der Waals surface area contributed by atoms with Crippen LogP contribution in [0.4, 0.5) is 0 Å². The SMILES string of the molecule is c1ccc2cc3c(cc2c1)c1ccccc1n3-c1cc(-c2ccc3sc4ccccc4c3c2)c2c(c1)oc1ccccc12. The van der Waals surface area contributed by atoms with Gasteiger partial charge in [0, 0.05) is 47.8 Å². The van der Waals surface area contributed by atoms with E-state index in [4.69, 9.17) is 4.42 Å². The molecule has 43 heavy (non-hydrogen) atoms. The summed E-state index contributed by atoms with van der Waals surface area (Å²) in [5.41, 5.74) is 7.66. The quantitative estimate of drug-likeness (QED) is 0.204. The van der Waals surface area contributed by atoms with E-state index in [2.05, 4.69) is 138 Å². The van der Waals surface area contributed by atoms with Crippen LogP contribution in [0, 0.1) is 0 Å². The number of hydrogen-bond acceptors (Lipinski definition) is 2. The average Bonchev–Trinajstić information content (AvgIpc) is 3.72. The van der Waals surface area contributed by atoms with Crippen LogP contribution in [0.1, 0.15) is 0 Å². The lowest BCUT2D eigenvalue weighted by atomic mass is 9.97. The van der Waals surface area contributed by atoms with E-state index in [0.29, 0.717) is 0 Å². The standard InChI is InChI=1S/C40H23NOS/c1-2-10-25-21-35-32(19-24(25)9-1)28-11-3-6-14-34(28)41(35)27-22-31(40-30-13-4-7-15-36(30)42-37(40)23-27)26-17-18-39-33(20-26)29-12-5-8-16-38(29)43-39/h1-23H. The first-order valence-electron chi connectivity index (χ1n) is 14.6. The Bertz CT molecular complexity index is 2740. The van der Waals surface area contributed by atoms with Gasteiger partial charge in [0.25, 0.3) is 0 Å². The molecule has 0 aliphatic rings. The fraction of sp³-hybridized carbons (Fsp3) is 0. The van der Waals surface area contributed by atoms with Crippen LogP contribution in [0.2, 0.25) is 0 Å². The molecule has 10 rings (SSSR count). The van der Waals surface area contributed by atoms with Crippen molar-refractivity contribution >= 4 is 86.0 Å². The van der Waals surface area contributed by atoms with Gasteiger partial charge in [-0.1, -0.05) is 84.9 Å². The minimum absolute atomic E-state index is 0.899. The van der Waals surface area contributed by atoms with E-state index in [0.717, 1.165) is 27.6 Å². The van der Waals surface area contributed by atoms with Gasteiger partial charge < -0.3 is 8.98 Å². The Labute approximate surface area is 250 Å². The maximum atomic E-state index is 6.58. The van der Waals surface area contributed by atoms with E-state index >= 15 is 0 Å². The van der Waals surface area contributed by atoms with Crippen LogP contribution in [-0.2, 0) is 0 Å². The van der Waals surface area contributed by atoms with Crippen molar-refractivity contribution in [2.24, 2.45) is 0 Å². The fourth-order valence-corrected chi connectivity index (χ4v) is 8.11. The van der Waals surface area contributed by atoms with Crippen molar-refractivity contribution in [1.82, 2.24) is 4.57 Å². The van der Waals surface area contributed by atoms with Gasteiger partial charge in [-0.2, -0.15) is 0 Å². The van der Waals surface area contributed by atoms with Crippen molar-refractivity contribution in [2.45, 2.75) is 0 Å². The largest absolute Gasteiger partial charge is 0.456 e. The van der Waals surface area contributed by atoms with Crippen molar-refractivity contribution in [3.63, 3.8) is 0 Å². The smallest absolute Gasteiger partial charge is 0.138 e. The fourth-order valence-electron chi connectivity index (χ4n) is 7.02. The summed E-state index contributed by atoms with van der Waals surface area (Å²) in [6, 6.07) is 50.6. The Hall–Kier alpha value is -5.38. The summed E-state index contributed by atoms with van der Waals surface area (Å²) >= 11 is 1.86. The van der Waals surface area contributed by atoms with Crippen LogP contribution >= 0.6 is 11.3 Å². The maximum Gasteiger partial charge on any atom is 0.138 e. The zero-order valence-corrected chi connectivity index (χ0v) is 23.9. The van der Waals surface area contributed by atoms with Crippen LogP contribution in [0.15, 0.2) is 144 Å². The van der Waals surface area contributed by atoms with Gasteiger partial charge in [0.1, 0.15) is 11.2 Å². The summed E-state index contributed by atoms with van der Waals surface area (Å²) in [7, 11) is 0. The molecule has 0 radical (unpaired) electrons. The minimum atomic E-state index is 0.899. The van der Waals surface area contributed by atoms with E-state index < -0.39 is 0 Å². The first-order valence-corrected chi connectivity index (χ1v) is 15.4. The molecule has 200 valence electrons. The Balaban J connectivity index is 1.34. The van der Waals surface area contributed by atoms with Crippen LogP contribution in [0.25, 0.3) is 91.5 Å². The van der Waals surface area contributed by atoms with Crippen molar-refractivity contribution in [2.75, 3.05) is 0 Å². The lowest BCUT2D eigenvalue weighted by Crippen LogP contribution is -1.95. The molecule has 0 saturated carbocycles. The number of para-hydroxylation sites is 2. The maximum absolute atomic E-state index is 6.58. The van der Waals surface area contributed by atoms with E-state index in [1.165, 1.54) is 63.9 Å². The third kappa shape index (κ3) is 3.28. The molecule has 0 bridgehead atoms. The molecule has 0 spiro atoms. The Morgan fingerprint density at radius 2 is 1.19 bits per heavy atom. The summed E-state index contributed by atoms with van der Waals surface area (Å²) in [6.45, 7) is 0. The van der Waals surface area contributed by atoms with Crippen LogP contribution < -0.4 is 0 Å². The highest BCUT2D eigenvalue weighted by atomic mass is 32.1. The van der Waals surface area contributed by atoms with Crippen LogP contribution in [0.3, 0.4) is 0 Å². The molecule has 0 N–H and O–H groups in total. The van der Waals surface area contributed by atoms with E-state index in [1.54, 1.807) is 0 Å². The first-order chi connectivity index (χ1) is 21.3. The Kier molecular flexibility index (Phi) is 4.63. The second-order valence-corrected chi connectivity index (χ2v) is 12.4. The molecule has 3 heterocycles. The normalized spacial score (nSPS) is 12.2. The van der Waals surface area contributed by atoms with E-state index in [-0.39, 0.29) is 0 Å². The van der Waals surface area contributed by atoms with Gasteiger partial charge >= 0.3 is 0 Å². The molecule has 10 aromatic rings. The number of furan rings is 1. The van der Waals surface area contributed by atoms with Gasteiger partial charge in [0.15, 0.2) is 0 Å². The number of nitrogens with zero attached hydrogens (tertiary/aromatic N) is 1. The number of benzene rings is 7. The molecule has 7 aromatic carbocycles. The summed E-state index contributed by atoms with van der Waals surface area (Å²) in [5.74, 6) is 0. The Morgan fingerprint density at radius 1 is 0.465 bits per heavy atom. The highest BCUT2D eigenvalue weighted by Gasteiger charge is 2.19. The van der Waals surface area contributed by atoms with E-state index in [1.807, 2.05) is 17.4 Å². The molecule has 0 aliphatic heterocycles. The molecule has 0 saturated heterocycles. The summed E-state index contributed by atoms with van der Waals surface area (Å²) in [4.78, 5) is 0. The molecule has 3 heteroatoms. The summed E-state index contributed by atoms with van der Waals surface area (Å²) < 4.78 is 11.6. The van der Waals surface area contributed by atoms with Crippen molar-refractivity contribution in [1.29, 1.82) is 0 Å². The van der Waals surface area contributed by atoms with Gasteiger partial charge in [-0.25, -0.2) is 0 Å². The number of fused-ring (bicyclic) bond motifs is 10. The monoisotopic (exact) mass is 565 g/mol. The van der Waals surface area contributed by atoms with Gasteiger partial charge in [-0.05, 0) is 70.4 Å². The summed E-state index contributed by atoms with van der Waals surface area (Å²) in [5, 5.41) is 9.90. The Morgan fingerprint density at radius 3 is 2.09 bits per heavy atom. The highest BCUT2D eigenvalue weighted by Crippen LogP contribution is 2.43. The predicted octanol–water partition coefficient (Wildman–Crippen LogP) is 11.9. The van der Waals surface area contributed by atoms with E-state index in [9.17, 15) is 0 Å². The lowest BCUT2D eigenvalue weighted by Gasteiger charge is -2.12. The van der Waals surface area contributed by atoms with Gasteiger partial charge in [0.05, 0.1) is 16.7 Å². The molecule has 3 aromatic heterocycles. The second kappa shape index (κ2) is 8.57. The van der Waals surface area contributed by atoms with Gasteiger partial charge in [-0.15, -0.1) is 11.3 Å². The third-order valence-electron chi connectivity index (χ3n) is 8.95. The van der Waals surface area contributed by atoms with Gasteiger partial charge in [0.2, 0.25) is 0 Å². The average molecular weight is 566 g/mol. The van der Waals surface area contributed by atoms with Crippen LogP contribution in [-0.4, -0.2) is 4.57 Å². The molecule has 0 aliphatic carbocycles. The summed E-state index contributed by atoms with van der Waals surface area (Å²) in [6.07, 6.45) is 0. The predicted molar refractivity (Wildman–Crippen MR) is 184 cm³/mol. The van der Waals surface area contributed by atoms with Crippen molar-refractivity contribution in [3.05, 3.63) is 140 Å². The molecular weight excluding hydrogens is 543 g/mol. The number of rotatable bonds is 2. The number of thiophene rings is 1. The number of aromatic nitrogens is 1. The van der Waals surface area contributed by atoms with Gasteiger partial charge in [-0.3, -0.25) is 0 Å². The molecule has 2 nitrogen and oxygen atoms in total. The van der Waals surface area contributed by atoms with Crippen molar-refractivity contribution in [3.8, 4) is 16.8 Å². The topological polar surface area (TPSA) is 18.1 Å². The lowest BCUT2D eigenvalue weighted by molar-refractivity contribution is 0.668. The number of hydrogen-bond donors (Lipinski definition) is 0. The third-order valence-corrected chi connectivity index (χ3v) is 10.1. The highest BCUT2D eigenvalue weighted by molar-refractivity contribution is 7.25. The minimum Gasteiger partial charge on any atom is -0.456 e. The molecule has 0 fully saturated rings. The second-order valence-electron chi connectivity index (χ2n) is 11.3. The van der Waals surface area contributed by atoms with Crippen molar-refractivity contribution < 1.29 is 4.42 Å². The molecule has 0 atom stereocenters. The molecule has 0 unspecified atom stereocenters. The zero-order valence-electron chi connectivity index (χ0n) is 23.0.